The summed E-state index contributed by atoms with van der Waals surface area (Å²) in [5, 5.41) is 0. The van der Waals surface area contributed by atoms with Gasteiger partial charge in [-0.3, -0.25) is 4.98 Å². The average Bonchev–Trinajstić information content (AvgIpc) is 2.24. The zero-order valence-corrected chi connectivity index (χ0v) is 9.65. The Morgan fingerprint density at radius 2 is 1.88 bits per heavy atom. The average molecular weight is 214 g/mol. The van der Waals surface area contributed by atoms with E-state index in [1.807, 2.05) is 33.0 Å². The molecule has 0 aliphatic carbocycles. The Morgan fingerprint density at radius 3 is 2.56 bits per heavy atom. The Bertz CT molecular complexity index is 535. The summed E-state index contributed by atoms with van der Waals surface area (Å²) in [5.41, 5.74) is 9.80. The fourth-order valence-corrected chi connectivity index (χ4v) is 1.65. The van der Waals surface area contributed by atoms with E-state index in [1.165, 1.54) is 0 Å². The Kier molecular flexibility index (Phi) is 2.56. The van der Waals surface area contributed by atoms with Crippen molar-refractivity contribution < 1.29 is 0 Å². The first-order valence-corrected chi connectivity index (χ1v) is 5.11. The molecule has 2 N–H and O–H groups in total. The van der Waals surface area contributed by atoms with Gasteiger partial charge in [-0.15, -0.1) is 0 Å². The largest absolute Gasteiger partial charge is 0.383 e. The third-order valence-corrected chi connectivity index (χ3v) is 2.57. The highest BCUT2D eigenvalue weighted by Crippen LogP contribution is 2.26. The summed E-state index contributed by atoms with van der Waals surface area (Å²) in [5.74, 6) is 1.23. The molecule has 0 radical (unpaired) electrons. The molecule has 4 nitrogen and oxygen atoms in total. The molecule has 0 aliphatic heterocycles. The van der Waals surface area contributed by atoms with Crippen LogP contribution in [0.1, 0.15) is 17.0 Å². The van der Waals surface area contributed by atoms with Crippen molar-refractivity contribution in [2.45, 2.75) is 20.8 Å². The van der Waals surface area contributed by atoms with Crippen LogP contribution >= 0.6 is 0 Å². The molecule has 0 bridgehead atoms. The number of aromatic nitrogens is 3. The second kappa shape index (κ2) is 3.89. The lowest BCUT2D eigenvalue weighted by Gasteiger charge is -2.10. The molecule has 2 heterocycles. The lowest BCUT2D eigenvalue weighted by Crippen LogP contribution is -2.02. The molecule has 0 spiro atoms. The van der Waals surface area contributed by atoms with Gasteiger partial charge in [0.25, 0.3) is 0 Å². The van der Waals surface area contributed by atoms with Crippen molar-refractivity contribution in [1.29, 1.82) is 0 Å². The Hall–Kier alpha value is -1.97. The van der Waals surface area contributed by atoms with Gasteiger partial charge in [0.1, 0.15) is 11.6 Å². The number of nitrogens with two attached hydrogens (primary N) is 1. The highest BCUT2D eigenvalue weighted by molar-refractivity contribution is 5.69. The quantitative estimate of drug-likeness (QED) is 0.789. The first-order valence-electron chi connectivity index (χ1n) is 5.11. The van der Waals surface area contributed by atoms with Crippen molar-refractivity contribution in [2.75, 3.05) is 5.73 Å². The van der Waals surface area contributed by atoms with Gasteiger partial charge in [-0.1, -0.05) is 0 Å². The summed E-state index contributed by atoms with van der Waals surface area (Å²) in [6, 6.07) is 1.95. The maximum atomic E-state index is 5.84. The number of hydrogen-bond donors (Lipinski definition) is 1. The summed E-state index contributed by atoms with van der Waals surface area (Å²) in [6.07, 6.45) is 3.58. The van der Waals surface area contributed by atoms with E-state index in [0.29, 0.717) is 11.6 Å². The van der Waals surface area contributed by atoms with Gasteiger partial charge in [0.05, 0.1) is 5.69 Å². The van der Waals surface area contributed by atoms with Crippen molar-refractivity contribution in [1.82, 2.24) is 15.0 Å². The van der Waals surface area contributed by atoms with Gasteiger partial charge in [0.2, 0.25) is 0 Å². The van der Waals surface area contributed by atoms with Crippen LogP contribution in [-0.4, -0.2) is 15.0 Å². The smallest absolute Gasteiger partial charge is 0.130 e. The SMILES string of the molecule is Cc1nc(N)c(C)c(-c2ccncc2C)n1. The van der Waals surface area contributed by atoms with Gasteiger partial charge in [-0.05, 0) is 32.4 Å². The summed E-state index contributed by atoms with van der Waals surface area (Å²) in [7, 11) is 0. The van der Waals surface area contributed by atoms with E-state index < -0.39 is 0 Å². The highest BCUT2D eigenvalue weighted by atomic mass is 14.9. The number of rotatable bonds is 1. The molecule has 0 unspecified atom stereocenters. The lowest BCUT2D eigenvalue weighted by molar-refractivity contribution is 1.04. The fourth-order valence-electron chi connectivity index (χ4n) is 1.65. The minimum Gasteiger partial charge on any atom is -0.383 e. The molecule has 0 aromatic carbocycles. The molecule has 0 amide bonds. The Labute approximate surface area is 94.6 Å². The number of anilines is 1. The van der Waals surface area contributed by atoms with E-state index in [9.17, 15) is 0 Å². The molecule has 0 aliphatic rings. The number of pyridine rings is 1. The predicted molar refractivity (Wildman–Crippen MR) is 63.9 cm³/mol. The summed E-state index contributed by atoms with van der Waals surface area (Å²) >= 11 is 0. The van der Waals surface area contributed by atoms with Gasteiger partial charge in [0.15, 0.2) is 0 Å². The van der Waals surface area contributed by atoms with Gasteiger partial charge in [-0.2, -0.15) is 0 Å². The van der Waals surface area contributed by atoms with Crippen LogP contribution in [0.25, 0.3) is 11.3 Å². The Balaban J connectivity index is 2.69. The molecule has 0 saturated carbocycles. The van der Waals surface area contributed by atoms with E-state index in [2.05, 4.69) is 15.0 Å². The number of aryl methyl sites for hydroxylation is 2. The minimum atomic E-state index is 0.540. The zero-order chi connectivity index (χ0) is 11.7. The normalized spacial score (nSPS) is 10.4. The topological polar surface area (TPSA) is 64.7 Å². The molecule has 0 saturated heterocycles. The molecule has 16 heavy (non-hydrogen) atoms. The van der Waals surface area contributed by atoms with E-state index in [0.717, 1.165) is 22.4 Å². The number of nitrogen functional groups attached to an aromatic ring is 1. The minimum absolute atomic E-state index is 0.540. The van der Waals surface area contributed by atoms with Crippen molar-refractivity contribution >= 4 is 5.82 Å². The maximum Gasteiger partial charge on any atom is 0.130 e. The Morgan fingerprint density at radius 1 is 1.12 bits per heavy atom. The van der Waals surface area contributed by atoms with E-state index in [1.54, 1.807) is 6.20 Å². The molecule has 2 aromatic rings. The summed E-state index contributed by atoms with van der Waals surface area (Å²) < 4.78 is 0. The molecule has 4 heteroatoms. The van der Waals surface area contributed by atoms with Crippen molar-refractivity contribution in [3.05, 3.63) is 35.4 Å². The van der Waals surface area contributed by atoms with Crippen molar-refractivity contribution in [3.63, 3.8) is 0 Å². The van der Waals surface area contributed by atoms with Crippen LogP contribution in [0.5, 0.6) is 0 Å². The van der Waals surface area contributed by atoms with Crippen molar-refractivity contribution in [2.24, 2.45) is 0 Å². The summed E-state index contributed by atoms with van der Waals surface area (Å²) in [4.78, 5) is 12.7. The molecule has 0 atom stereocenters. The molecule has 2 aromatic heterocycles. The monoisotopic (exact) mass is 214 g/mol. The lowest BCUT2D eigenvalue weighted by atomic mass is 10.0. The number of nitrogens with zero attached hydrogens (tertiary/aromatic N) is 3. The van der Waals surface area contributed by atoms with E-state index in [-0.39, 0.29) is 0 Å². The number of hydrogen-bond acceptors (Lipinski definition) is 4. The van der Waals surface area contributed by atoms with Crippen LogP contribution in [0.3, 0.4) is 0 Å². The highest BCUT2D eigenvalue weighted by Gasteiger charge is 2.10. The predicted octanol–water partition coefficient (Wildman–Crippen LogP) is 2.05. The van der Waals surface area contributed by atoms with Gasteiger partial charge in [0, 0.05) is 23.5 Å². The molecular weight excluding hydrogens is 200 g/mol. The molecule has 82 valence electrons. The second-order valence-electron chi connectivity index (χ2n) is 3.82. The molecular formula is C12H14N4. The van der Waals surface area contributed by atoms with Gasteiger partial charge < -0.3 is 5.73 Å². The van der Waals surface area contributed by atoms with E-state index in [4.69, 9.17) is 5.73 Å². The van der Waals surface area contributed by atoms with Crippen molar-refractivity contribution in [3.8, 4) is 11.3 Å². The van der Waals surface area contributed by atoms with Crippen LogP contribution in [0.15, 0.2) is 18.5 Å². The van der Waals surface area contributed by atoms with Crippen LogP contribution in [0.2, 0.25) is 0 Å². The van der Waals surface area contributed by atoms with Crippen LogP contribution in [0.4, 0.5) is 5.82 Å². The third-order valence-electron chi connectivity index (χ3n) is 2.57. The standard InChI is InChI=1S/C12H14N4/c1-7-6-14-5-4-10(7)11-8(2)12(13)16-9(3)15-11/h4-6H,1-3H3,(H2,13,15,16). The first-order chi connectivity index (χ1) is 7.59. The third kappa shape index (κ3) is 1.74. The van der Waals surface area contributed by atoms with Crippen LogP contribution in [-0.2, 0) is 0 Å². The van der Waals surface area contributed by atoms with Crippen LogP contribution < -0.4 is 5.73 Å². The van der Waals surface area contributed by atoms with Gasteiger partial charge in [-0.25, -0.2) is 9.97 Å². The zero-order valence-electron chi connectivity index (χ0n) is 9.65. The van der Waals surface area contributed by atoms with E-state index >= 15 is 0 Å². The van der Waals surface area contributed by atoms with Crippen LogP contribution in [0, 0.1) is 20.8 Å². The molecule has 0 fully saturated rings. The second-order valence-corrected chi connectivity index (χ2v) is 3.82. The summed E-state index contributed by atoms with van der Waals surface area (Å²) in [6.45, 7) is 5.79. The fraction of sp³-hybridized carbons (Fsp3) is 0.250. The van der Waals surface area contributed by atoms with Gasteiger partial charge >= 0.3 is 0 Å². The first kappa shape index (κ1) is 10.5. The maximum absolute atomic E-state index is 5.84. The molecule has 2 rings (SSSR count).